The van der Waals surface area contributed by atoms with Gasteiger partial charge in [0.25, 0.3) is 0 Å². The Morgan fingerprint density at radius 2 is 2.06 bits per heavy atom. The fourth-order valence-corrected chi connectivity index (χ4v) is 2.67. The summed E-state index contributed by atoms with van der Waals surface area (Å²) in [6.07, 6.45) is 1.26. The Hall–Kier alpha value is -0.580. The van der Waals surface area contributed by atoms with Gasteiger partial charge in [-0.05, 0) is 31.2 Å². The summed E-state index contributed by atoms with van der Waals surface area (Å²) in [5.74, 6) is 0. The van der Waals surface area contributed by atoms with E-state index in [1.54, 1.807) is 19.1 Å². The van der Waals surface area contributed by atoms with Gasteiger partial charge in [0, 0.05) is 17.3 Å². The van der Waals surface area contributed by atoms with Gasteiger partial charge in [0.05, 0.1) is 5.25 Å². The Kier molecular flexibility index (Phi) is 4.98. The standard InChI is InChI=1S/C12H18ClNO2S/c1-4-14-12(9(2)17(3,15)16)10-6-5-7-11(13)8-10/h5-9,12,14H,4H2,1-3H3. The van der Waals surface area contributed by atoms with Gasteiger partial charge < -0.3 is 5.32 Å². The van der Waals surface area contributed by atoms with E-state index in [4.69, 9.17) is 11.6 Å². The fraction of sp³-hybridized carbons (Fsp3) is 0.500. The Balaban J connectivity index is 3.09. The van der Waals surface area contributed by atoms with E-state index in [1.165, 1.54) is 6.26 Å². The van der Waals surface area contributed by atoms with E-state index in [2.05, 4.69) is 5.32 Å². The fourth-order valence-electron chi connectivity index (χ4n) is 1.72. The average molecular weight is 276 g/mol. The molecule has 3 nitrogen and oxygen atoms in total. The zero-order valence-electron chi connectivity index (χ0n) is 10.3. The van der Waals surface area contributed by atoms with Crippen molar-refractivity contribution in [3.8, 4) is 0 Å². The van der Waals surface area contributed by atoms with Crippen LogP contribution in [-0.2, 0) is 9.84 Å². The summed E-state index contributed by atoms with van der Waals surface area (Å²) in [5, 5.41) is 3.33. The lowest BCUT2D eigenvalue weighted by molar-refractivity contribution is 0.513. The first-order chi connectivity index (χ1) is 7.86. The molecule has 0 radical (unpaired) electrons. The van der Waals surface area contributed by atoms with E-state index in [9.17, 15) is 8.42 Å². The number of hydrogen-bond acceptors (Lipinski definition) is 3. The van der Waals surface area contributed by atoms with Crippen LogP contribution in [0.5, 0.6) is 0 Å². The van der Waals surface area contributed by atoms with Crippen molar-refractivity contribution < 1.29 is 8.42 Å². The summed E-state index contributed by atoms with van der Waals surface area (Å²) in [6.45, 7) is 4.37. The first-order valence-electron chi connectivity index (χ1n) is 5.54. The molecule has 0 aromatic heterocycles. The van der Waals surface area contributed by atoms with Crippen molar-refractivity contribution in [3.05, 3.63) is 34.9 Å². The molecule has 0 fully saturated rings. The van der Waals surface area contributed by atoms with Gasteiger partial charge >= 0.3 is 0 Å². The lowest BCUT2D eigenvalue weighted by Crippen LogP contribution is -2.34. The summed E-state index contributed by atoms with van der Waals surface area (Å²) in [4.78, 5) is 0. The van der Waals surface area contributed by atoms with Gasteiger partial charge in [-0.1, -0.05) is 30.7 Å². The molecule has 0 amide bonds. The van der Waals surface area contributed by atoms with E-state index in [-0.39, 0.29) is 6.04 Å². The highest BCUT2D eigenvalue weighted by atomic mass is 35.5. The van der Waals surface area contributed by atoms with Crippen LogP contribution in [0.15, 0.2) is 24.3 Å². The molecule has 0 aliphatic rings. The molecule has 96 valence electrons. The number of halogens is 1. The largest absolute Gasteiger partial charge is 0.309 e. The van der Waals surface area contributed by atoms with Crippen LogP contribution in [0.1, 0.15) is 25.5 Å². The van der Waals surface area contributed by atoms with Crippen LogP contribution >= 0.6 is 11.6 Å². The molecule has 0 saturated carbocycles. The second kappa shape index (κ2) is 5.85. The zero-order valence-corrected chi connectivity index (χ0v) is 11.8. The molecule has 0 bridgehead atoms. The van der Waals surface area contributed by atoms with Crippen molar-refractivity contribution in [1.29, 1.82) is 0 Å². The molecular weight excluding hydrogens is 258 g/mol. The molecule has 17 heavy (non-hydrogen) atoms. The second-order valence-electron chi connectivity index (χ2n) is 4.12. The number of sulfone groups is 1. The lowest BCUT2D eigenvalue weighted by atomic mass is 10.0. The number of hydrogen-bond donors (Lipinski definition) is 1. The summed E-state index contributed by atoms with van der Waals surface area (Å²) in [6, 6.07) is 7.07. The highest BCUT2D eigenvalue weighted by molar-refractivity contribution is 7.91. The van der Waals surface area contributed by atoms with Crippen LogP contribution in [-0.4, -0.2) is 26.5 Å². The van der Waals surface area contributed by atoms with Gasteiger partial charge in [0.2, 0.25) is 0 Å². The van der Waals surface area contributed by atoms with Gasteiger partial charge in [-0.3, -0.25) is 0 Å². The van der Waals surface area contributed by atoms with E-state index >= 15 is 0 Å². The third kappa shape index (κ3) is 3.98. The van der Waals surface area contributed by atoms with Crippen LogP contribution in [0.25, 0.3) is 0 Å². The van der Waals surface area contributed by atoms with E-state index in [0.29, 0.717) is 11.6 Å². The number of rotatable bonds is 5. The van der Waals surface area contributed by atoms with Crippen LogP contribution in [0, 0.1) is 0 Å². The first kappa shape index (κ1) is 14.5. The van der Waals surface area contributed by atoms with Crippen molar-refractivity contribution in [2.24, 2.45) is 0 Å². The van der Waals surface area contributed by atoms with Gasteiger partial charge in [0.15, 0.2) is 9.84 Å². The summed E-state index contributed by atoms with van der Waals surface area (Å²) in [5.41, 5.74) is 0.900. The Morgan fingerprint density at radius 1 is 1.41 bits per heavy atom. The maximum atomic E-state index is 11.6. The Bertz CT molecular complexity index is 473. The summed E-state index contributed by atoms with van der Waals surface area (Å²) >= 11 is 5.93. The van der Waals surface area contributed by atoms with Crippen LogP contribution < -0.4 is 5.32 Å². The predicted molar refractivity (Wildman–Crippen MR) is 72.2 cm³/mol. The molecule has 1 aromatic carbocycles. The van der Waals surface area contributed by atoms with Crippen LogP contribution in [0.3, 0.4) is 0 Å². The molecule has 2 atom stereocenters. The van der Waals surface area contributed by atoms with Gasteiger partial charge in [0.1, 0.15) is 0 Å². The third-order valence-electron chi connectivity index (χ3n) is 2.78. The van der Waals surface area contributed by atoms with Crippen molar-refractivity contribution in [1.82, 2.24) is 5.32 Å². The number of nitrogens with one attached hydrogen (secondary N) is 1. The molecule has 0 heterocycles. The normalized spacial score (nSPS) is 15.5. The topological polar surface area (TPSA) is 46.2 Å². The average Bonchev–Trinajstić information content (AvgIpc) is 2.23. The minimum Gasteiger partial charge on any atom is -0.309 e. The smallest absolute Gasteiger partial charge is 0.151 e. The molecule has 0 aliphatic heterocycles. The molecule has 0 spiro atoms. The van der Waals surface area contributed by atoms with Crippen molar-refractivity contribution in [2.45, 2.75) is 25.1 Å². The Labute approximate surface area is 108 Å². The van der Waals surface area contributed by atoms with E-state index < -0.39 is 15.1 Å². The first-order valence-corrected chi connectivity index (χ1v) is 7.87. The monoisotopic (exact) mass is 275 g/mol. The lowest BCUT2D eigenvalue weighted by Gasteiger charge is -2.24. The summed E-state index contributed by atoms with van der Waals surface area (Å²) in [7, 11) is -3.09. The van der Waals surface area contributed by atoms with Crippen molar-refractivity contribution >= 4 is 21.4 Å². The van der Waals surface area contributed by atoms with Gasteiger partial charge in [-0.15, -0.1) is 0 Å². The van der Waals surface area contributed by atoms with E-state index in [0.717, 1.165) is 5.56 Å². The molecule has 0 aliphatic carbocycles. The minimum atomic E-state index is -3.09. The van der Waals surface area contributed by atoms with Gasteiger partial charge in [-0.2, -0.15) is 0 Å². The maximum Gasteiger partial charge on any atom is 0.151 e. The molecule has 0 saturated heterocycles. The molecule has 5 heteroatoms. The highest BCUT2D eigenvalue weighted by Gasteiger charge is 2.26. The van der Waals surface area contributed by atoms with E-state index in [1.807, 2.05) is 19.1 Å². The molecule has 1 aromatic rings. The van der Waals surface area contributed by atoms with Crippen molar-refractivity contribution in [3.63, 3.8) is 0 Å². The minimum absolute atomic E-state index is 0.228. The molecule has 1 N–H and O–H groups in total. The molecular formula is C12H18ClNO2S. The van der Waals surface area contributed by atoms with Crippen LogP contribution in [0.2, 0.25) is 5.02 Å². The number of benzene rings is 1. The quantitative estimate of drug-likeness (QED) is 0.898. The SMILES string of the molecule is CCNC(c1cccc(Cl)c1)C(C)S(C)(=O)=O. The molecule has 1 rings (SSSR count). The Morgan fingerprint density at radius 3 is 2.53 bits per heavy atom. The third-order valence-corrected chi connectivity index (χ3v) is 4.63. The van der Waals surface area contributed by atoms with Gasteiger partial charge in [-0.25, -0.2) is 8.42 Å². The second-order valence-corrected chi connectivity index (χ2v) is 6.96. The highest BCUT2D eigenvalue weighted by Crippen LogP contribution is 2.24. The zero-order chi connectivity index (χ0) is 13.1. The molecule has 2 unspecified atom stereocenters. The van der Waals surface area contributed by atoms with Crippen LogP contribution in [0.4, 0.5) is 0 Å². The maximum absolute atomic E-state index is 11.6. The predicted octanol–water partition coefficient (Wildman–Crippen LogP) is 2.42. The van der Waals surface area contributed by atoms with Crippen molar-refractivity contribution in [2.75, 3.05) is 12.8 Å². The summed E-state index contributed by atoms with van der Waals surface area (Å²) < 4.78 is 23.3.